The van der Waals surface area contributed by atoms with Crippen molar-refractivity contribution >= 4 is 16.6 Å². The first-order valence-electron chi connectivity index (χ1n) is 4.17. The van der Waals surface area contributed by atoms with Gasteiger partial charge in [-0.2, -0.15) is 10.1 Å². The molecule has 1 aromatic carbocycles. The maximum Gasteiger partial charge on any atom is 0.281 e. The van der Waals surface area contributed by atoms with Crippen LogP contribution in [0.5, 0.6) is 0 Å². The van der Waals surface area contributed by atoms with Gasteiger partial charge in [-0.3, -0.25) is 4.79 Å². The molecule has 0 spiro atoms. The highest BCUT2D eigenvalue weighted by atomic mass is 16.1. The van der Waals surface area contributed by atoms with Crippen LogP contribution in [0.2, 0.25) is 0 Å². The van der Waals surface area contributed by atoms with E-state index in [-0.39, 0.29) is 5.56 Å². The first kappa shape index (κ1) is 7.25. The maximum absolute atomic E-state index is 11.5. The van der Waals surface area contributed by atoms with Gasteiger partial charge in [0, 0.05) is 0 Å². The minimum Gasteiger partial charge on any atom is -0.267 e. The summed E-state index contributed by atoms with van der Waals surface area (Å²) in [6.45, 7) is 0. The summed E-state index contributed by atoms with van der Waals surface area (Å²) in [5, 5.41) is 7.18. The van der Waals surface area contributed by atoms with Crippen molar-refractivity contribution in [1.82, 2.24) is 19.8 Å². The minimum atomic E-state index is -0.220. The second-order valence-corrected chi connectivity index (χ2v) is 2.99. The molecule has 2 aromatic heterocycles. The monoisotopic (exact) mass is 186 g/mol. The zero-order valence-corrected chi connectivity index (χ0v) is 7.14. The molecule has 0 aliphatic heterocycles. The number of fused-ring (bicyclic) bond motifs is 3. The number of nitrogens with zero attached hydrogens (tertiary/aromatic N) is 3. The van der Waals surface area contributed by atoms with Crippen LogP contribution in [-0.2, 0) is 0 Å². The van der Waals surface area contributed by atoms with Gasteiger partial charge in [0.15, 0.2) is 5.65 Å². The van der Waals surface area contributed by atoms with E-state index in [9.17, 15) is 4.79 Å². The van der Waals surface area contributed by atoms with Crippen molar-refractivity contribution < 1.29 is 0 Å². The lowest BCUT2D eigenvalue weighted by molar-refractivity contribution is 0.873. The molecule has 5 nitrogen and oxygen atoms in total. The SMILES string of the molecule is O=c1nc2cn[nH]n2c2ccccc12. The smallest absolute Gasteiger partial charge is 0.267 e. The molecule has 5 heteroatoms. The number of hydrogen-bond donors (Lipinski definition) is 1. The van der Waals surface area contributed by atoms with Crippen LogP contribution >= 0.6 is 0 Å². The van der Waals surface area contributed by atoms with Crippen LogP contribution in [0.3, 0.4) is 0 Å². The molecule has 0 unspecified atom stereocenters. The third kappa shape index (κ3) is 0.806. The fourth-order valence-corrected chi connectivity index (χ4v) is 1.52. The van der Waals surface area contributed by atoms with Crippen molar-refractivity contribution in [3.63, 3.8) is 0 Å². The van der Waals surface area contributed by atoms with E-state index >= 15 is 0 Å². The Balaban J connectivity index is 2.74. The standard InChI is InChI=1S/C9H6N4O/c14-9-6-3-1-2-4-7(6)13-8(11-9)5-10-12-13/h1-5,12H. The van der Waals surface area contributed by atoms with Crippen LogP contribution < -0.4 is 5.56 Å². The molecule has 0 aliphatic rings. The lowest BCUT2D eigenvalue weighted by Gasteiger charge is -1.97. The van der Waals surface area contributed by atoms with E-state index in [4.69, 9.17) is 0 Å². The van der Waals surface area contributed by atoms with Crippen molar-refractivity contribution in [3.8, 4) is 0 Å². The molecule has 68 valence electrons. The number of aromatic amines is 1. The third-order valence-electron chi connectivity index (χ3n) is 2.16. The molecular weight excluding hydrogens is 180 g/mol. The predicted octanol–water partition coefficient (Wildman–Crippen LogP) is 0.571. The minimum absolute atomic E-state index is 0.220. The molecular formula is C9H6N4O. The molecule has 3 aromatic rings. The molecule has 0 aliphatic carbocycles. The van der Waals surface area contributed by atoms with Crippen molar-refractivity contribution in [2.45, 2.75) is 0 Å². The summed E-state index contributed by atoms with van der Waals surface area (Å²) in [6, 6.07) is 7.28. The summed E-state index contributed by atoms with van der Waals surface area (Å²) in [5.74, 6) is 0. The molecule has 1 N–H and O–H groups in total. The largest absolute Gasteiger partial charge is 0.281 e. The number of hydrogen-bond acceptors (Lipinski definition) is 3. The van der Waals surface area contributed by atoms with Gasteiger partial charge in [0.05, 0.1) is 17.1 Å². The van der Waals surface area contributed by atoms with Gasteiger partial charge in [0.2, 0.25) is 0 Å². The van der Waals surface area contributed by atoms with Gasteiger partial charge in [0.25, 0.3) is 5.56 Å². The lowest BCUT2D eigenvalue weighted by atomic mass is 10.2. The number of rotatable bonds is 0. The molecule has 3 rings (SSSR count). The topological polar surface area (TPSA) is 63.0 Å². The average Bonchev–Trinajstić information content (AvgIpc) is 2.66. The van der Waals surface area contributed by atoms with Gasteiger partial charge in [-0.1, -0.05) is 12.1 Å². The van der Waals surface area contributed by atoms with Crippen molar-refractivity contribution in [2.75, 3.05) is 0 Å². The van der Waals surface area contributed by atoms with Crippen molar-refractivity contribution in [1.29, 1.82) is 0 Å². The van der Waals surface area contributed by atoms with E-state index < -0.39 is 0 Å². The third-order valence-corrected chi connectivity index (χ3v) is 2.16. The van der Waals surface area contributed by atoms with Crippen LogP contribution in [-0.4, -0.2) is 19.8 Å². The van der Waals surface area contributed by atoms with Gasteiger partial charge in [-0.25, -0.2) is 9.73 Å². The number of benzene rings is 1. The lowest BCUT2D eigenvalue weighted by Crippen LogP contribution is -2.09. The molecule has 0 fully saturated rings. The van der Waals surface area contributed by atoms with Crippen LogP contribution in [0.15, 0.2) is 35.3 Å². The van der Waals surface area contributed by atoms with E-state index in [2.05, 4.69) is 15.3 Å². The molecule has 14 heavy (non-hydrogen) atoms. The van der Waals surface area contributed by atoms with E-state index in [1.165, 1.54) is 6.20 Å². The Morgan fingerprint density at radius 2 is 2.14 bits per heavy atom. The number of nitrogens with one attached hydrogen (secondary N) is 1. The highest BCUT2D eigenvalue weighted by molar-refractivity contribution is 5.79. The van der Waals surface area contributed by atoms with Gasteiger partial charge < -0.3 is 0 Å². The Bertz CT molecular complexity index is 667. The zero-order chi connectivity index (χ0) is 9.54. The van der Waals surface area contributed by atoms with Crippen LogP contribution in [0.1, 0.15) is 0 Å². The number of H-pyrrole nitrogens is 1. The van der Waals surface area contributed by atoms with Crippen LogP contribution in [0.4, 0.5) is 0 Å². The van der Waals surface area contributed by atoms with E-state index in [1.807, 2.05) is 18.2 Å². The summed E-state index contributed by atoms with van der Waals surface area (Å²) in [7, 11) is 0. The summed E-state index contributed by atoms with van der Waals surface area (Å²) >= 11 is 0. The Labute approximate surface area is 78.0 Å². The Morgan fingerprint density at radius 3 is 3.07 bits per heavy atom. The molecule has 2 heterocycles. The highest BCUT2D eigenvalue weighted by Crippen LogP contribution is 2.08. The second-order valence-electron chi connectivity index (χ2n) is 2.99. The first-order chi connectivity index (χ1) is 6.86. The van der Waals surface area contributed by atoms with Crippen molar-refractivity contribution in [3.05, 3.63) is 40.8 Å². The van der Waals surface area contributed by atoms with Gasteiger partial charge >= 0.3 is 0 Å². The molecule has 0 amide bonds. The number of para-hydroxylation sites is 1. The zero-order valence-electron chi connectivity index (χ0n) is 7.14. The molecule has 0 bridgehead atoms. The fraction of sp³-hybridized carbons (Fsp3) is 0. The van der Waals surface area contributed by atoms with Crippen molar-refractivity contribution in [2.24, 2.45) is 0 Å². The van der Waals surface area contributed by atoms with E-state index in [0.29, 0.717) is 11.0 Å². The predicted molar refractivity (Wildman–Crippen MR) is 51.1 cm³/mol. The summed E-state index contributed by atoms with van der Waals surface area (Å²) in [5.41, 5.74) is 1.11. The molecule has 0 radical (unpaired) electrons. The Kier molecular flexibility index (Phi) is 1.25. The number of aromatic nitrogens is 4. The maximum atomic E-state index is 11.5. The molecule has 0 atom stereocenters. The summed E-state index contributed by atoms with van der Waals surface area (Å²) in [6.07, 6.45) is 1.52. The highest BCUT2D eigenvalue weighted by Gasteiger charge is 2.04. The van der Waals surface area contributed by atoms with Gasteiger partial charge in [0.1, 0.15) is 0 Å². The quantitative estimate of drug-likeness (QED) is 0.558. The van der Waals surface area contributed by atoms with E-state index in [1.54, 1.807) is 10.6 Å². The average molecular weight is 186 g/mol. The normalized spacial score (nSPS) is 11.1. The van der Waals surface area contributed by atoms with Crippen LogP contribution in [0.25, 0.3) is 16.6 Å². The molecule has 0 saturated carbocycles. The fourth-order valence-electron chi connectivity index (χ4n) is 1.52. The second kappa shape index (κ2) is 2.41. The van der Waals surface area contributed by atoms with E-state index in [0.717, 1.165) is 5.52 Å². The first-order valence-corrected chi connectivity index (χ1v) is 4.17. The van der Waals surface area contributed by atoms with Gasteiger partial charge in [-0.05, 0) is 12.1 Å². The Hall–Kier alpha value is -2.17. The van der Waals surface area contributed by atoms with Crippen LogP contribution in [0, 0.1) is 0 Å². The molecule has 0 saturated heterocycles. The summed E-state index contributed by atoms with van der Waals surface area (Å²) in [4.78, 5) is 15.4. The van der Waals surface area contributed by atoms with Gasteiger partial charge in [-0.15, -0.1) is 0 Å². The summed E-state index contributed by atoms with van der Waals surface area (Å²) < 4.78 is 1.68. The Morgan fingerprint density at radius 1 is 1.29 bits per heavy atom.